The topological polar surface area (TPSA) is 329 Å². The first-order valence-corrected chi connectivity index (χ1v) is 30.8. The van der Waals surface area contributed by atoms with Crippen molar-refractivity contribution in [2.75, 3.05) is 27.9 Å². The average molecular weight is 1230 g/mol. The smallest absolute Gasteiger partial charge is 0.340 e. The Bertz CT molecular complexity index is 2660. The van der Waals surface area contributed by atoms with Gasteiger partial charge in [0.25, 0.3) is 0 Å². The fourth-order valence-electron chi connectivity index (χ4n) is 16.4. The van der Waals surface area contributed by atoms with Crippen molar-refractivity contribution in [2.24, 2.45) is 22.7 Å². The van der Waals surface area contributed by atoms with E-state index in [0.29, 0.717) is 32.1 Å². The zero-order valence-corrected chi connectivity index (χ0v) is 51.1. The Morgan fingerprint density at radius 1 is 0.690 bits per heavy atom. The average Bonchev–Trinajstić information content (AvgIpc) is 1.60. The highest BCUT2D eigenvalue weighted by atomic mass is 16.8. The number of hydrogen-bond acceptors (Lipinski definition) is 24. The molecule has 486 valence electrons. The first kappa shape index (κ1) is 66.2. The summed E-state index contributed by atoms with van der Waals surface area (Å²) in [5.74, 6) is -1.97. The molecule has 10 rings (SSSR count). The summed E-state index contributed by atoms with van der Waals surface area (Å²) in [6.07, 6.45) is -12.0. The number of carbonyl (C=O) groups is 2. The SMILES string of the molecule is CO[C@@H]1[C@@H](O)[C@H](O[C@@H]2[C@@H](C)O[C@@H](O[C@H]3[C@@H](OC)C[C@H](O[C@H]4CC[C@@]5(C)[C@@H](CC[C@]6(O)[C@@H]5C[C@@H](OC(=O)/C=C/c5ccccc5)[C@@]5(C)[C@]6(O)CC[C@@]5(O)[C@H](C)OC(=O)c5cccnc5)C4)O[C@@H]3C)C[C@H]2OC)O[C@H](C)[C@H]1O[C@@H]1O[C@H](CO)[C@@H](O)[C@H](O)[C@H]1O. The molecular weight excluding hydrogens is 1140 g/mol. The molecule has 4 aliphatic heterocycles. The number of benzene rings is 1. The fourth-order valence-corrected chi connectivity index (χ4v) is 16.4. The summed E-state index contributed by atoms with van der Waals surface area (Å²) in [6, 6.07) is 12.4. The molecule has 0 spiro atoms. The van der Waals surface area contributed by atoms with E-state index in [0.717, 1.165) is 5.56 Å². The number of pyridine rings is 1. The summed E-state index contributed by atoms with van der Waals surface area (Å²) in [4.78, 5) is 31.5. The van der Waals surface area contributed by atoms with Gasteiger partial charge in [0.15, 0.2) is 25.2 Å². The Morgan fingerprint density at radius 2 is 1.33 bits per heavy atom. The zero-order chi connectivity index (χ0) is 62.5. The molecule has 0 unspecified atom stereocenters. The molecule has 0 bridgehead atoms. The number of aromatic nitrogens is 1. The Balaban J connectivity index is 0.771. The molecule has 0 amide bonds. The molecule has 24 heteroatoms. The lowest BCUT2D eigenvalue weighted by atomic mass is 9.40. The second kappa shape index (κ2) is 26.5. The highest BCUT2D eigenvalue weighted by Crippen LogP contribution is 2.72. The van der Waals surface area contributed by atoms with Gasteiger partial charge < -0.3 is 102 Å². The van der Waals surface area contributed by atoms with Crippen LogP contribution in [0.3, 0.4) is 0 Å². The first-order chi connectivity index (χ1) is 41.4. The number of aliphatic hydroxyl groups is 8. The van der Waals surface area contributed by atoms with Crippen LogP contribution in [-0.2, 0) is 66.4 Å². The van der Waals surface area contributed by atoms with E-state index in [1.165, 1.54) is 32.7 Å². The third-order valence-corrected chi connectivity index (χ3v) is 21.4. The van der Waals surface area contributed by atoms with Crippen molar-refractivity contribution < 1.29 is 112 Å². The highest BCUT2D eigenvalue weighted by molar-refractivity contribution is 5.89. The quantitative estimate of drug-likeness (QED) is 0.0604. The minimum atomic E-state index is -1.99. The van der Waals surface area contributed by atoms with Gasteiger partial charge in [-0.1, -0.05) is 44.2 Å². The normalized spacial score (nSPS) is 46.9. The van der Waals surface area contributed by atoms with E-state index in [1.54, 1.807) is 53.0 Å². The van der Waals surface area contributed by atoms with E-state index >= 15 is 0 Å². The lowest BCUT2D eigenvalue weighted by Crippen LogP contribution is -2.79. The number of esters is 2. The molecular formula is C63H91NO23. The van der Waals surface area contributed by atoms with Gasteiger partial charge in [0.05, 0.1) is 59.8 Å². The molecule has 8 N–H and O–H groups in total. The third-order valence-electron chi connectivity index (χ3n) is 21.4. The fraction of sp³-hybridized carbons (Fsp3) is 0.762. The standard InChI is InChI=1S/C63H91NO23/c1-32-52(85-47-28-41(76-8)53(33(2)79-47)86-58-51(70)55(77-9)54(34(3)80-58)87-57-50(69)49(68)48(67)42(31-65)83-57)40(75-7)27-46(78-32)82-39-20-21-59(5)38(26-39)19-22-62(73)43(59)29-44(84-45(66)18-17-36-14-11-10-12-15-36)60(6)61(72,23-24-63(60,62)74)35(4)81-56(71)37-16-13-25-64-30-37/h10-18,25,30,32-35,38-44,46-55,57-58,65,67-70,72-74H,19-24,26-29,31H2,1-9H3/b18-17+/t32-,33-,34-,35+,38+,39+,40+,41-,42-,43-,44-,46+,47+,48-,49+,50-,51-,52-,53-,54-,55-,57+,58+,59+,60-,61-,62+,63-/m1/s1. The van der Waals surface area contributed by atoms with Crippen LogP contribution in [0.1, 0.15) is 122 Å². The lowest BCUT2D eigenvalue weighted by molar-refractivity contribution is -0.373. The van der Waals surface area contributed by atoms with E-state index in [2.05, 4.69) is 11.9 Å². The van der Waals surface area contributed by atoms with Crippen molar-refractivity contribution in [1.29, 1.82) is 0 Å². The number of fused-ring (bicyclic) bond motifs is 5. The number of nitrogens with zero attached hydrogens (tertiary/aromatic N) is 1. The van der Waals surface area contributed by atoms with Crippen molar-refractivity contribution in [2.45, 2.75) is 251 Å². The van der Waals surface area contributed by atoms with Crippen molar-refractivity contribution in [3.8, 4) is 0 Å². The molecule has 4 aliphatic carbocycles. The van der Waals surface area contributed by atoms with Gasteiger partial charge >= 0.3 is 11.9 Å². The number of carbonyl (C=O) groups excluding carboxylic acids is 2. The maximum atomic E-state index is 14.0. The minimum Gasteiger partial charge on any atom is -0.458 e. The summed E-state index contributed by atoms with van der Waals surface area (Å²) in [5.41, 5.74) is -7.01. The Labute approximate surface area is 507 Å². The largest absolute Gasteiger partial charge is 0.458 e. The van der Waals surface area contributed by atoms with Crippen LogP contribution >= 0.6 is 0 Å². The number of methoxy groups -OCH3 is 3. The minimum absolute atomic E-state index is 0.0134. The van der Waals surface area contributed by atoms with E-state index < -0.39 is 175 Å². The monoisotopic (exact) mass is 1230 g/mol. The maximum Gasteiger partial charge on any atom is 0.340 e. The molecule has 24 nitrogen and oxygen atoms in total. The number of hydrogen-bond donors (Lipinski definition) is 8. The Morgan fingerprint density at radius 3 is 1.98 bits per heavy atom. The molecule has 4 saturated carbocycles. The molecule has 4 saturated heterocycles. The van der Waals surface area contributed by atoms with Crippen LogP contribution in [0.25, 0.3) is 6.08 Å². The second-order valence-corrected chi connectivity index (χ2v) is 25.9. The number of ether oxygens (including phenoxy) is 13. The predicted octanol–water partition coefficient (Wildman–Crippen LogP) is 2.63. The van der Waals surface area contributed by atoms with Crippen LogP contribution in [0, 0.1) is 22.7 Å². The van der Waals surface area contributed by atoms with Gasteiger partial charge in [0.1, 0.15) is 78.3 Å². The third kappa shape index (κ3) is 12.1. The lowest BCUT2D eigenvalue weighted by Gasteiger charge is -2.69. The molecule has 5 heterocycles. The maximum absolute atomic E-state index is 14.0. The van der Waals surface area contributed by atoms with Gasteiger partial charge in [-0.3, -0.25) is 4.98 Å². The van der Waals surface area contributed by atoms with Crippen LogP contribution in [0.4, 0.5) is 0 Å². The van der Waals surface area contributed by atoms with Gasteiger partial charge in [0, 0.05) is 52.6 Å². The second-order valence-electron chi connectivity index (χ2n) is 25.9. The molecule has 87 heavy (non-hydrogen) atoms. The van der Waals surface area contributed by atoms with Crippen molar-refractivity contribution >= 4 is 18.0 Å². The summed E-state index contributed by atoms with van der Waals surface area (Å²) in [6.45, 7) is 10.1. The molecule has 8 aliphatic rings. The zero-order valence-electron chi connectivity index (χ0n) is 51.1. The van der Waals surface area contributed by atoms with E-state index in [9.17, 15) is 50.4 Å². The molecule has 1 aromatic heterocycles. The van der Waals surface area contributed by atoms with Crippen LogP contribution in [0.5, 0.6) is 0 Å². The van der Waals surface area contributed by atoms with Gasteiger partial charge in [-0.25, -0.2) is 9.59 Å². The molecule has 0 radical (unpaired) electrons. The van der Waals surface area contributed by atoms with Crippen LogP contribution < -0.4 is 0 Å². The van der Waals surface area contributed by atoms with Gasteiger partial charge in [-0.05, 0) is 120 Å². The highest BCUT2D eigenvalue weighted by Gasteiger charge is 2.82. The van der Waals surface area contributed by atoms with Crippen LogP contribution in [-0.4, -0.2) is 231 Å². The van der Waals surface area contributed by atoms with Crippen molar-refractivity contribution in [3.05, 3.63) is 72.1 Å². The van der Waals surface area contributed by atoms with Crippen LogP contribution in [0.2, 0.25) is 0 Å². The summed E-state index contributed by atoms with van der Waals surface area (Å²) < 4.78 is 80.7. The van der Waals surface area contributed by atoms with E-state index in [4.69, 9.17) is 61.6 Å². The molecule has 28 atom stereocenters. The van der Waals surface area contributed by atoms with E-state index in [1.807, 2.05) is 37.3 Å². The van der Waals surface area contributed by atoms with Crippen molar-refractivity contribution in [3.63, 3.8) is 0 Å². The van der Waals surface area contributed by atoms with E-state index in [-0.39, 0.29) is 49.7 Å². The summed E-state index contributed by atoms with van der Waals surface area (Å²) >= 11 is 0. The number of aliphatic hydroxyl groups excluding tert-OH is 5. The predicted molar refractivity (Wildman–Crippen MR) is 303 cm³/mol. The molecule has 2 aromatic rings. The van der Waals surface area contributed by atoms with Gasteiger partial charge in [-0.2, -0.15) is 0 Å². The van der Waals surface area contributed by atoms with Gasteiger partial charge in [-0.15, -0.1) is 0 Å². The molecule has 8 fully saturated rings. The Kier molecular flexibility index (Phi) is 20.2. The first-order valence-electron chi connectivity index (χ1n) is 30.8. The molecule has 1 aromatic carbocycles. The number of rotatable bonds is 18. The summed E-state index contributed by atoms with van der Waals surface area (Å²) in [5, 5.41) is 92.4. The van der Waals surface area contributed by atoms with Crippen LogP contribution in [0.15, 0.2) is 60.9 Å². The van der Waals surface area contributed by atoms with Crippen molar-refractivity contribution in [1.82, 2.24) is 4.98 Å². The summed E-state index contributed by atoms with van der Waals surface area (Å²) in [7, 11) is 4.50. The van der Waals surface area contributed by atoms with Gasteiger partial charge in [0.2, 0.25) is 0 Å². The Hall–Kier alpha value is -3.71.